The van der Waals surface area contributed by atoms with E-state index in [1.807, 2.05) is 20.8 Å². The van der Waals surface area contributed by atoms with Crippen LogP contribution >= 0.6 is 0 Å². The van der Waals surface area contributed by atoms with Crippen molar-refractivity contribution in [1.29, 1.82) is 0 Å². The average molecular weight is 317 g/mol. The number of carbonyl (C=O) groups excluding carboxylic acids is 2. The van der Waals surface area contributed by atoms with Crippen molar-refractivity contribution in [2.75, 3.05) is 11.9 Å². The van der Waals surface area contributed by atoms with Crippen LogP contribution in [-0.2, 0) is 4.79 Å². The number of hydrogen-bond acceptors (Lipinski definition) is 3. The third-order valence-electron chi connectivity index (χ3n) is 4.36. The van der Waals surface area contributed by atoms with Gasteiger partial charge in [0, 0.05) is 29.3 Å². The first-order chi connectivity index (χ1) is 10.9. The highest BCUT2D eigenvalue weighted by molar-refractivity contribution is 5.96. The van der Waals surface area contributed by atoms with Crippen molar-refractivity contribution in [2.24, 2.45) is 0 Å². The van der Waals surface area contributed by atoms with Gasteiger partial charge >= 0.3 is 0 Å². The zero-order valence-corrected chi connectivity index (χ0v) is 14.2. The lowest BCUT2D eigenvalue weighted by molar-refractivity contribution is -0.116. The maximum atomic E-state index is 12.2. The molecule has 126 valence electrons. The summed E-state index contributed by atoms with van der Waals surface area (Å²) in [7, 11) is 0. The molecule has 1 saturated heterocycles. The van der Waals surface area contributed by atoms with E-state index in [0.717, 1.165) is 31.5 Å². The fourth-order valence-electron chi connectivity index (χ4n) is 2.54. The van der Waals surface area contributed by atoms with Crippen LogP contribution in [0.3, 0.4) is 0 Å². The number of benzene rings is 1. The molecule has 1 aromatic rings. The molecule has 23 heavy (non-hydrogen) atoms. The molecule has 1 atom stereocenters. The first-order valence-corrected chi connectivity index (χ1v) is 8.35. The van der Waals surface area contributed by atoms with E-state index in [1.54, 1.807) is 24.3 Å². The third-order valence-corrected chi connectivity index (χ3v) is 4.36. The molecule has 0 bridgehead atoms. The molecule has 1 unspecified atom stereocenters. The number of anilines is 1. The Morgan fingerprint density at radius 2 is 1.96 bits per heavy atom. The van der Waals surface area contributed by atoms with Crippen LogP contribution in [0.4, 0.5) is 5.69 Å². The fourth-order valence-corrected chi connectivity index (χ4v) is 2.54. The molecule has 1 aliphatic heterocycles. The van der Waals surface area contributed by atoms with Crippen molar-refractivity contribution in [2.45, 2.75) is 58.0 Å². The molecule has 3 N–H and O–H groups in total. The number of nitrogens with one attached hydrogen (secondary N) is 3. The minimum Gasteiger partial charge on any atom is -0.347 e. The van der Waals surface area contributed by atoms with Gasteiger partial charge in [0.25, 0.3) is 5.91 Å². The quantitative estimate of drug-likeness (QED) is 0.755. The fraction of sp³-hybridized carbons (Fsp3) is 0.556. The predicted octanol–water partition coefficient (Wildman–Crippen LogP) is 2.69. The van der Waals surface area contributed by atoms with Gasteiger partial charge in [-0.15, -0.1) is 0 Å². The van der Waals surface area contributed by atoms with Crippen LogP contribution in [-0.4, -0.2) is 29.9 Å². The van der Waals surface area contributed by atoms with Crippen molar-refractivity contribution in [1.82, 2.24) is 10.6 Å². The monoisotopic (exact) mass is 317 g/mol. The normalized spacial score (nSPS) is 17.8. The maximum absolute atomic E-state index is 12.2. The molecular formula is C18H27N3O2. The van der Waals surface area contributed by atoms with Gasteiger partial charge in [0.15, 0.2) is 0 Å². The van der Waals surface area contributed by atoms with Gasteiger partial charge in [0.05, 0.1) is 0 Å². The zero-order valence-electron chi connectivity index (χ0n) is 14.2. The Balaban J connectivity index is 1.88. The number of carbonyl (C=O) groups is 2. The summed E-state index contributed by atoms with van der Waals surface area (Å²) in [6, 6.07) is 7.31. The molecule has 1 aliphatic rings. The molecule has 0 aromatic heterocycles. The molecular weight excluding hydrogens is 290 g/mol. The molecule has 0 spiro atoms. The Hall–Kier alpha value is -1.88. The topological polar surface area (TPSA) is 70.2 Å². The van der Waals surface area contributed by atoms with E-state index in [2.05, 4.69) is 16.0 Å². The molecule has 1 fully saturated rings. The Morgan fingerprint density at radius 1 is 1.26 bits per heavy atom. The predicted molar refractivity (Wildman–Crippen MR) is 92.5 cm³/mol. The molecule has 0 aliphatic carbocycles. The minimum absolute atomic E-state index is 0.00807. The molecule has 1 aromatic carbocycles. The average Bonchev–Trinajstić information content (AvgIpc) is 3.00. The van der Waals surface area contributed by atoms with Crippen LogP contribution in [0.2, 0.25) is 0 Å². The first kappa shape index (κ1) is 17.5. The van der Waals surface area contributed by atoms with E-state index in [4.69, 9.17) is 0 Å². The molecule has 0 saturated carbocycles. The van der Waals surface area contributed by atoms with Crippen LogP contribution < -0.4 is 16.0 Å². The highest BCUT2D eigenvalue weighted by atomic mass is 16.2. The largest absolute Gasteiger partial charge is 0.347 e. The highest BCUT2D eigenvalue weighted by Gasteiger charge is 2.19. The second-order valence-electron chi connectivity index (χ2n) is 6.81. The minimum atomic E-state index is -0.224. The van der Waals surface area contributed by atoms with Gasteiger partial charge in [-0.25, -0.2) is 0 Å². The van der Waals surface area contributed by atoms with Gasteiger partial charge in [0.2, 0.25) is 5.91 Å². The van der Waals surface area contributed by atoms with E-state index >= 15 is 0 Å². The summed E-state index contributed by atoms with van der Waals surface area (Å²) in [5, 5.41) is 9.19. The van der Waals surface area contributed by atoms with Crippen LogP contribution in [0.25, 0.3) is 0 Å². The smallest absolute Gasteiger partial charge is 0.251 e. The summed E-state index contributed by atoms with van der Waals surface area (Å²) >= 11 is 0. The summed E-state index contributed by atoms with van der Waals surface area (Å²) in [6.45, 7) is 7.03. The molecule has 5 heteroatoms. The lowest BCUT2D eigenvalue weighted by Gasteiger charge is -2.24. The first-order valence-electron chi connectivity index (χ1n) is 8.35. The van der Waals surface area contributed by atoms with Crippen molar-refractivity contribution in [3.05, 3.63) is 29.8 Å². The van der Waals surface area contributed by atoms with Crippen molar-refractivity contribution < 1.29 is 9.59 Å². The van der Waals surface area contributed by atoms with Gasteiger partial charge < -0.3 is 16.0 Å². The van der Waals surface area contributed by atoms with Crippen LogP contribution in [0, 0.1) is 0 Å². The van der Waals surface area contributed by atoms with Gasteiger partial charge in [-0.1, -0.05) is 6.92 Å². The van der Waals surface area contributed by atoms with Gasteiger partial charge in [0.1, 0.15) is 0 Å². The van der Waals surface area contributed by atoms with Crippen LogP contribution in [0.1, 0.15) is 56.8 Å². The van der Waals surface area contributed by atoms with Crippen LogP contribution in [0.15, 0.2) is 24.3 Å². The lowest BCUT2D eigenvalue weighted by Crippen LogP contribution is -2.42. The van der Waals surface area contributed by atoms with E-state index in [9.17, 15) is 9.59 Å². The van der Waals surface area contributed by atoms with Crippen molar-refractivity contribution in [3.8, 4) is 0 Å². The Bertz CT molecular complexity index is 546. The lowest BCUT2D eigenvalue weighted by atomic mass is 10.0. The molecule has 1 heterocycles. The van der Waals surface area contributed by atoms with Crippen LogP contribution in [0.5, 0.6) is 0 Å². The number of rotatable bonds is 6. The highest BCUT2D eigenvalue weighted by Crippen LogP contribution is 2.14. The molecule has 2 rings (SSSR count). The Labute approximate surface area is 138 Å². The summed E-state index contributed by atoms with van der Waals surface area (Å²) < 4.78 is 0. The summed E-state index contributed by atoms with van der Waals surface area (Å²) in [4.78, 5) is 24.2. The summed E-state index contributed by atoms with van der Waals surface area (Å²) in [5.41, 5.74) is 1.10. The second kappa shape index (κ2) is 7.59. The summed E-state index contributed by atoms with van der Waals surface area (Å²) in [5.74, 6) is -0.0846. The SMILES string of the molecule is CCC(C)(C)NC(=O)c1ccc(NC(=O)CC2CCCN2)cc1. The van der Waals surface area contributed by atoms with E-state index in [0.29, 0.717) is 12.0 Å². The van der Waals surface area contributed by atoms with E-state index in [-0.39, 0.29) is 23.4 Å². The standard InChI is InChI=1S/C18H27N3O2/c1-4-18(2,3)21-17(23)13-7-9-14(10-8-13)20-16(22)12-15-6-5-11-19-15/h7-10,15,19H,4-6,11-12H2,1-3H3,(H,20,22)(H,21,23). The summed E-state index contributed by atoms with van der Waals surface area (Å²) in [6.07, 6.45) is 3.55. The van der Waals surface area contributed by atoms with Crippen molar-refractivity contribution >= 4 is 17.5 Å². The maximum Gasteiger partial charge on any atom is 0.251 e. The molecule has 0 radical (unpaired) electrons. The Kier molecular flexibility index (Phi) is 5.77. The third kappa shape index (κ3) is 5.36. The second-order valence-corrected chi connectivity index (χ2v) is 6.81. The van der Waals surface area contributed by atoms with E-state index in [1.165, 1.54) is 0 Å². The zero-order chi connectivity index (χ0) is 16.9. The molecule has 2 amide bonds. The number of hydrogen-bond donors (Lipinski definition) is 3. The Morgan fingerprint density at radius 3 is 2.52 bits per heavy atom. The van der Waals surface area contributed by atoms with Crippen molar-refractivity contribution in [3.63, 3.8) is 0 Å². The van der Waals surface area contributed by atoms with Gasteiger partial charge in [-0.3, -0.25) is 9.59 Å². The molecule has 5 nitrogen and oxygen atoms in total. The van der Waals surface area contributed by atoms with Gasteiger partial charge in [-0.2, -0.15) is 0 Å². The number of amides is 2. The van der Waals surface area contributed by atoms with Gasteiger partial charge in [-0.05, 0) is 63.9 Å². The van der Waals surface area contributed by atoms with E-state index < -0.39 is 0 Å².